The van der Waals surface area contributed by atoms with Crippen molar-refractivity contribution in [1.82, 2.24) is 9.97 Å². The first kappa shape index (κ1) is 11.3. The lowest BCUT2D eigenvalue weighted by Gasteiger charge is -2.30. The van der Waals surface area contributed by atoms with Crippen LogP contribution >= 0.6 is 0 Å². The minimum absolute atomic E-state index is 0.0145. The standard InChI is InChI=1S/C12H20N4/c1-3-10-6-11(15-8-14-10)16-12(2,7-13)9-4-5-9/h6,8-9H,3-5,7,13H2,1-2H3,(H,14,15,16). The van der Waals surface area contributed by atoms with E-state index < -0.39 is 0 Å². The highest BCUT2D eigenvalue weighted by Crippen LogP contribution is 2.40. The maximum absolute atomic E-state index is 5.86. The van der Waals surface area contributed by atoms with Crippen LogP contribution in [0.5, 0.6) is 0 Å². The minimum atomic E-state index is -0.0145. The van der Waals surface area contributed by atoms with Crippen LogP contribution in [0.4, 0.5) is 5.82 Å². The summed E-state index contributed by atoms with van der Waals surface area (Å²) < 4.78 is 0. The monoisotopic (exact) mass is 220 g/mol. The molecule has 1 fully saturated rings. The van der Waals surface area contributed by atoms with Gasteiger partial charge in [-0.1, -0.05) is 6.92 Å². The van der Waals surface area contributed by atoms with Crippen LogP contribution in [0.15, 0.2) is 12.4 Å². The van der Waals surface area contributed by atoms with Gasteiger partial charge in [0.25, 0.3) is 0 Å². The average Bonchev–Trinajstić information content (AvgIpc) is 3.13. The summed E-state index contributed by atoms with van der Waals surface area (Å²) >= 11 is 0. The van der Waals surface area contributed by atoms with Crippen LogP contribution in [0.3, 0.4) is 0 Å². The lowest BCUT2D eigenvalue weighted by Crippen LogP contribution is -2.44. The molecule has 0 bridgehead atoms. The average molecular weight is 220 g/mol. The summed E-state index contributed by atoms with van der Waals surface area (Å²) in [6.45, 7) is 4.91. The molecule has 1 atom stereocenters. The SMILES string of the molecule is CCc1cc(NC(C)(CN)C2CC2)ncn1. The Morgan fingerprint density at radius 2 is 2.25 bits per heavy atom. The Morgan fingerprint density at radius 1 is 1.50 bits per heavy atom. The Balaban J connectivity index is 2.12. The van der Waals surface area contributed by atoms with Crippen molar-refractivity contribution in [3.63, 3.8) is 0 Å². The number of aromatic nitrogens is 2. The van der Waals surface area contributed by atoms with E-state index in [-0.39, 0.29) is 5.54 Å². The Bertz CT molecular complexity index is 362. The van der Waals surface area contributed by atoms with E-state index in [9.17, 15) is 0 Å². The Hall–Kier alpha value is -1.16. The zero-order chi connectivity index (χ0) is 11.6. The molecule has 0 saturated heterocycles. The fourth-order valence-electron chi connectivity index (χ4n) is 1.99. The Morgan fingerprint density at radius 3 is 2.81 bits per heavy atom. The first-order valence-electron chi connectivity index (χ1n) is 5.97. The number of nitrogens with two attached hydrogens (primary N) is 1. The summed E-state index contributed by atoms with van der Waals surface area (Å²) in [6, 6.07) is 2.01. The summed E-state index contributed by atoms with van der Waals surface area (Å²) in [4.78, 5) is 8.44. The third-order valence-corrected chi connectivity index (χ3v) is 3.40. The van der Waals surface area contributed by atoms with E-state index >= 15 is 0 Å². The molecule has 4 heteroatoms. The summed E-state index contributed by atoms with van der Waals surface area (Å²) in [7, 11) is 0. The van der Waals surface area contributed by atoms with Gasteiger partial charge in [-0.25, -0.2) is 9.97 Å². The van der Waals surface area contributed by atoms with Gasteiger partial charge in [0.05, 0.1) is 5.54 Å². The molecular weight excluding hydrogens is 200 g/mol. The number of hydrogen-bond acceptors (Lipinski definition) is 4. The fraction of sp³-hybridized carbons (Fsp3) is 0.667. The van der Waals surface area contributed by atoms with Gasteiger partial charge >= 0.3 is 0 Å². The third-order valence-electron chi connectivity index (χ3n) is 3.40. The van der Waals surface area contributed by atoms with Crippen molar-refractivity contribution >= 4 is 5.82 Å². The second kappa shape index (κ2) is 4.37. The lowest BCUT2D eigenvalue weighted by atomic mass is 9.96. The quantitative estimate of drug-likeness (QED) is 0.790. The lowest BCUT2D eigenvalue weighted by molar-refractivity contribution is 0.457. The van der Waals surface area contributed by atoms with Crippen LogP contribution in [0.1, 0.15) is 32.4 Å². The van der Waals surface area contributed by atoms with E-state index in [1.807, 2.05) is 6.07 Å². The summed E-state index contributed by atoms with van der Waals surface area (Å²) in [6.07, 6.45) is 5.09. The van der Waals surface area contributed by atoms with E-state index in [0.29, 0.717) is 12.5 Å². The van der Waals surface area contributed by atoms with Gasteiger partial charge in [-0.15, -0.1) is 0 Å². The molecule has 0 aliphatic heterocycles. The van der Waals surface area contributed by atoms with E-state index in [2.05, 4.69) is 29.1 Å². The van der Waals surface area contributed by atoms with Crippen molar-refractivity contribution in [2.75, 3.05) is 11.9 Å². The fourth-order valence-corrected chi connectivity index (χ4v) is 1.99. The molecule has 1 aliphatic carbocycles. The topological polar surface area (TPSA) is 63.8 Å². The molecule has 0 radical (unpaired) electrons. The Kier molecular flexibility index (Phi) is 3.10. The van der Waals surface area contributed by atoms with Crippen molar-refractivity contribution in [2.24, 2.45) is 11.7 Å². The predicted molar refractivity (Wildman–Crippen MR) is 65.2 cm³/mol. The van der Waals surface area contributed by atoms with Crippen LogP contribution in [0.25, 0.3) is 0 Å². The van der Waals surface area contributed by atoms with E-state index in [0.717, 1.165) is 17.9 Å². The number of aryl methyl sites for hydroxylation is 1. The molecule has 1 aliphatic rings. The molecular formula is C12H20N4. The van der Waals surface area contributed by atoms with E-state index in [4.69, 9.17) is 5.73 Å². The van der Waals surface area contributed by atoms with Crippen molar-refractivity contribution in [1.29, 1.82) is 0 Å². The number of anilines is 1. The van der Waals surface area contributed by atoms with E-state index in [1.54, 1.807) is 6.33 Å². The molecule has 2 rings (SSSR count). The number of rotatable bonds is 5. The molecule has 88 valence electrons. The normalized spacial score (nSPS) is 19.2. The van der Waals surface area contributed by atoms with Gasteiger partial charge < -0.3 is 11.1 Å². The summed E-state index contributed by atoms with van der Waals surface area (Å²) in [5, 5.41) is 3.47. The van der Waals surface area contributed by atoms with Gasteiger partial charge in [-0.05, 0) is 32.1 Å². The molecule has 3 N–H and O–H groups in total. The zero-order valence-electron chi connectivity index (χ0n) is 10.0. The van der Waals surface area contributed by atoms with Gasteiger partial charge in [0.2, 0.25) is 0 Å². The molecule has 0 amide bonds. The second-order valence-electron chi connectivity index (χ2n) is 4.77. The van der Waals surface area contributed by atoms with Crippen molar-refractivity contribution in [2.45, 2.75) is 38.6 Å². The van der Waals surface area contributed by atoms with Crippen molar-refractivity contribution < 1.29 is 0 Å². The first-order chi connectivity index (χ1) is 7.68. The maximum atomic E-state index is 5.86. The molecule has 1 heterocycles. The van der Waals surface area contributed by atoms with Crippen LogP contribution in [0, 0.1) is 5.92 Å². The van der Waals surface area contributed by atoms with Gasteiger partial charge in [0.15, 0.2) is 0 Å². The van der Waals surface area contributed by atoms with Crippen LogP contribution in [0.2, 0.25) is 0 Å². The molecule has 1 aromatic heterocycles. The molecule has 1 unspecified atom stereocenters. The zero-order valence-corrected chi connectivity index (χ0v) is 10.0. The van der Waals surface area contributed by atoms with Crippen molar-refractivity contribution in [3.8, 4) is 0 Å². The van der Waals surface area contributed by atoms with Gasteiger partial charge in [0, 0.05) is 18.3 Å². The Labute approximate surface area is 96.7 Å². The highest BCUT2D eigenvalue weighted by atomic mass is 15.1. The smallest absolute Gasteiger partial charge is 0.130 e. The van der Waals surface area contributed by atoms with Gasteiger partial charge in [-0.2, -0.15) is 0 Å². The minimum Gasteiger partial charge on any atom is -0.363 e. The molecule has 1 aromatic rings. The largest absolute Gasteiger partial charge is 0.363 e. The van der Waals surface area contributed by atoms with Crippen LogP contribution < -0.4 is 11.1 Å². The van der Waals surface area contributed by atoms with Crippen LogP contribution in [-0.4, -0.2) is 22.1 Å². The highest BCUT2D eigenvalue weighted by Gasteiger charge is 2.40. The molecule has 0 aromatic carbocycles. The highest BCUT2D eigenvalue weighted by molar-refractivity contribution is 5.39. The maximum Gasteiger partial charge on any atom is 0.130 e. The molecule has 1 saturated carbocycles. The van der Waals surface area contributed by atoms with Crippen LogP contribution in [-0.2, 0) is 6.42 Å². The van der Waals surface area contributed by atoms with Crippen molar-refractivity contribution in [3.05, 3.63) is 18.1 Å². The number of hydrogen-bond donors (Lipinski definition) is 2. The third kappa shape index (κ3) is 2.32. The summed E-state index contributed by atoms with van der Waals surface area (Å²) in [5.41, 5.74) is 6.91. The predicted octanol–water partition coefficient (Wildman–Crippen LogP) is 1.58. The second-order valence-corrected chi connectivity index (χ2v) is 4.77. The molecule has 16 heavy (non-hydrogen) atoms. The van der Waals surface area contributed by atoms with Gasteiger partial charge in [-0.3, -0.25) is 0 Å². The molecule has 4 nitrogen and oxygen atoms in total. The summed E-state index contributed by atoms with van der Waals surface area (Å²) in [5.74, 6) is 1.59. The van der Waals surface area contributed by atoms with Gasteiger partial charge in [0.1, 0.15) is 12.1 Å². The molecule has 0 spiro atoms. The number of nitrogens with one attached hydrogen (secondary N) is 1. The number of nitrogens with zero attached hydrogens (tertiary/aromatic N) is 2. The van der Waals surface area contributed by atoms with E-state index in [1.165, 1.54) is 12.8 Å². The first-order valence-corrected chi connectivity index (χ1v) is 5.97.